The zero-order chi connectivity index (χ0) is 18.4. The number of nitro groups is 1. The van der Waals surface area contributed by atoms with E-state index < -0.39 is 4.92 Å². The Labute approximate surface area is 152 Å². The first-order chi connectivity index (χ1) is 12.5. The molecule has 26 heavy (non-hydrogen) atoms. The topological polar surface area (TPSA) is 66.7 Å². The van der Waals surface area contributed by atoms with Crippen LogP contribution >= 0.6 is 0 Å². The van der Waals surface area contributed by atoms with Gasteiger partial charge < -0.3 is 9.80 Å². The molecule has 0 bridgehead atoms. The highest BCUT2D eigenvalue weighted by Crippen LogP contribution is 2.45. The molecule has 2 aromatic rings. The number of aryl methyl sites for hydroxylation is 1. The number of non-ortho nitro benzene ring substituents is 1. The number of nitro benzene ring substituents is 1. The van der Waals surface area contributed by atoms with Crippen LogP contribution < -0.4 is 4.90 Å². The molecular weight excluding hydrogens is 330 g/mol. The molecule has 0 aliphatic carbocycles. The lowest BCUT2D eigenvalue weighted by Crippen LogP contribution is -2.47. The summed E-state index contributed by atoms with van der Waals surface area (Å²) in [5.74, 6) is 0.229. The summed E-state index contributed by atoms with van der Waals surface area (Å²) in [5, 5.41) is 10.9. The number of hydrogen-bond donors (Lipinski definition) is 0. The molecule has 6 heteroatoms. The van der Waals surface area contributed by atoms with Gasteiger partial charge in [0.05, 0.1) is 4.92 Å². The number of likely N-dealkylation sites (tertiary alicyclic amines) is 1. The molecule has 2 aliphatic rings. The molecule has 0 N–H and O–H groups in total. The number of rotatable bonds is 2. The summed E-state index contributed by atoms with van der Waals surface area (Å²) < 4.78 is 0. The van der Waals surface area contributed by atoms with Crippen LogP contribution in [-0.2, 0) is 0 Å². The molecule has 2 aromatic carbocycles. The van der Waals surface area contributed by atoms with Gasteiger partial charge in [0.25, 0.3) is 11.6 Å². The fourth-order valence-electron chi connectivity index (χ4n) is 4.21. The van der Waals surface area contributed by atoms with E-state index in [4.69, 9.17) is 0 Å². The van der Waals surface area contributed by atoms with E-state index in [0.29, 0.717) is 11.5 Å². The van der Waals surface area contributed by atoms with Crippen molar-refractivity contribution in [2.75, 3.05) is 25.0 Å². The first-order valence-corrected chi connectivity index (χ1v) is 8.83. The maximum absolute atomic E-state index is 13.3. The fourth-order valence-corrected chi connectivity index (χ4v) is 4.21. The molecule has 2 atom stereocenters. The zero-order valence-corrected chi connectivity index (χ0v) is 14.9. The summed E-state index contributed by atoms with van der Waals surface area (Å²) in [4.78, 5) is 27.9. The Morgan fingerprint density at radius 3 is 2.62 bits per heavy atom. The number of benzene rings is 2. The van der Waals surface area contributed by atoms with Crippen LogP contribution in [0, 0.1) is 17.0 Å². The molecule has 2 heterocycles. The summed E-state index contributed by atoms with van der Waals surface area (Å²) in [6.07, 6.45) is 0.924. The van der Waals surface area contributed by atoms with Gasteiger partial charge in [0, 0.05) is 41.9 Å². The van der Waals surface area contributed by atoms with E-state index in [1.807, 2.05) is 17.0 Å². The van der Waals surface area contributed by atoms with Gasteiger partial charge in [0.2, 0.25) is 0 Å². The Kier molecular flexibility index (Phi) is 4.00. The number of fused-ring (bicyclic) bond motifs is 3. The van der Waals surface area contributed by atoms with E-state index in [2.05, 4.69) is 24.9 Å². The van der Waals surface area contributed by atoms with Gasteiger partial charge in [0.15, 0.2) is 0 Å². The summed E-state index contributed by atoms with van der Waals surface area (Å²) >= 11 is 0. The van der Waals surface area contributed by atoms with Gasteiger partial charge in [-0.1, -0.05) is 17.7 Å². The van der Waals surface area contributed by atoms with Crippen molar-refractivity contribution < 1.29 is 9.72 Å². The number of carbonyl (C=O) groups excluding carboxylic acids is 1. The monoisotopic (exact) mass is 351 g/mol. The van der Waals surface area contributed by atoms with E-state index in [1.54, 1.807) is 12.1 Å². The average Bonchev–Trinajstić information content (AvgIpc) is 2.94. The molecule has 134 valence electrons. The highest BCUT2D eigenvalue weighted by molar-refractivity contribution is 6.08. The fraction of sp³-hybridized carbons (Fsp3) is 0.350. The Morgan fingerprint density at radius 2 is 1.92 bits per heavy atom. The minimum absolute atomic E-state index is 0.00355. The third-order valence-corrected chi connectivity index (χ3v) is 5.50. The highest BCUT2D eigenvalue weighted by Gasteiger charge is 2.44. The number of carbonyl (C=O) groups is 1. The molecular formula is C20H21N3O3. The second-order valence-corrected chi connectivity index (χ2v) is 7.27. The number of amides is 1. The lowest BCUT2D eigenvalue weighted by atomic mass is 9.88. The number of likely N-dealkylation sites (N-methyl/N-ethyl adjacent to an activating group) is 1. The van der Waals surface area contributed by atoms with Gasteiger partial charge >= 0.3 is 0 Å². The van der Waals surface area contributed by atoms with Gasteiger partial charge in [-0.25, -0.2) is 0 Å². The number of hydrogen-bond acceptors (Lipinski definition) is 4. The SMILES string of the molecule is Cc1ccc2c(c1)[C@@H]1CN(C)CC[C@H]1N2C(=O)c1ccc([N+](=O)[O-])cc1. The summed E-state index contributed by atoms with van der Waals surface area (Å²) in [5.41, 5.74) is 3.89. The Balaban J connectivity index is 1.73. The van der Waals surface area contributed by atoms with Crippen molar-refractivity contribution in [3.05, 3.63) is 69.3 Å². The van der Waals surface area contributed by atoms with Crippen LogP contribution in [-0.4, -0.2) is 41.9 Å². The van der Waals surface area contributed by atoms with Crippen LogP contribution in [0.25, 0.3) is 0 Å². The lowest BCUT2D eigenvalue weighted by molar-refractivity contribution is -0.384. The molecule has 0 unspecified atom stereocenters. The summed E-state index contributed by atoms with van der Waals surface area (Å²) in [6, 6.07) is 12.3. The number of anilines is 1. The first-order valence-electron chi connectivity index (χ1n) is 8.83. The van der Waals surface area contributed by atoms with Crippen molar-refractivity contribution >= 4 is 17.3 Å². The van der Waals surface area contributed by atoms with Crippen molar-refractivity contribution in [2.24, 2.45) is 0 Å². The second kappa shape index (κ2) is 6.21. The molecule has 4 rings (SSSR count). The van der Waals surface area contributed by atoms with Crippen molar-refractivity contribution in [3.63, 3.8) is 0 Å². The second-order valence-electron chi connectivity index (χ2n) is 7.27. The third kappa shape index (κ3) is 2.66. The smallest absolute Gasteiger partial charge is 0.269 e. The quantitative estimate of drug-likeness (QED) is 0.615. The van der Waals surface area contributed by atoms with Crippen LogP contribution in [0.1, 0.15) is 33.8 Å². The highest BCUT2D eigenvalue weighted by atomic mass is 16.6. The molecule has 0 saturated carbocycles. The van der Waals surface area contributed by atoms with Crippen LogP contribution in [0.4, 0.5) is 11.4 Å². The normalized spacial score (nSPS) is 22.0. The van der Waals surface area contributed by atoms with Crippen molar-refractivity contribution in [3.8, 4) is 0 Å². The zero-order valence-electron chi connectivity index (χ0n) is 14.9. The molecule has 6 nitrogen and oxygen atoms in total. The van der Waals surface area contributed by atoms with E-state index >= 15 is 0 Å². The van der Waals surface area contributed by atoms with E-state index in [9.17, 15) is 14.9 Å². The van der Waals surface area contributed by atoms with E-state index in [0.717, 1.165) is 25.2 Å². The number of piperidine rings is 1. The lowest BCUT2D eigenvalue weighted by Gasteiger charge is -2.36. The molecule has 1 saturated heterocycles. The maximum atomic E-state index is 13.3. The van der Waals surface area contributed by atoms with Crippen molar-refractivity contribution in [2.45, 2.75) is 25.3 Å². The van der Waals surface area contributed by atoms with Gasteiger partial charge in [0.1, 0.15) is 0 Å². The maximum Gasteiger partial charge on any atom is 0.269 e. The summed E-state index contributed by atoms with van der Waals surface area (Å²) in [6.45, 7) is 3.96. The van der Waals surface area contributed by atoms with Crippen LogP contribution in [0.2, 0.25) is 0 Å². The minimum Gasteiger partial charge on any atom is -0.306 e. The first kappa shape index (κ1) is 16.7. The van der Waals surface area contributed by atoms with Gasteiger partial charge in [-0.3, -0.25) is 14.9 Å². The predicted molar refractivity (Wildman–Crippen MR) is 99.7 cm³/mol. The Morgan fingerprint density at radius 1 is 1.19 bits per heavy atom. The van der Waals surface area contributed by atoms with Crippen LogP contribution in [0.5, 0.6) is 0 Å². The molecule has 1 fully saturated rings. The van der Waals surface area contributed by atoms with Crippen molar-refractivity contribution in [1.29, 1.82) is 0 Å². The van der Waals surface area contributed by atoms with Crippen LogP contribution in [0.15, 0.2) is 42.5 Å². The van der Waals surface area contributed by atoms with E-state index in [-0.39, 0.29) is 17.6 Å². The van der Waals surface area contributed by atoms with Crippen molar-refractivity contribution in [1.82, 2.24) is 4.90 Å². The number of nitrogens with zero attached hydrogens (tertiary/aromatic N) is 3. The molecule has 0 aromatic heterocycles. The molecule has 0 spiro atoms. The van der Waals surface area contributed by atoms with E-state index in [1.165, 1.54) is 23.3 Å². The van der Waals surface area contributed by atoms with Gasteiger partial charge in [-0.15, -0.1) is 0 Å². The minimum atomic E-state index is -0.449. The Bertz CT molecular complexity index is 878. The molecule has 0 radical (unpaired) electrons. The summed E-state index contributed by atoms with van der Waals surface area (Å²) in [7, 11) is 2.12. The van der Waals surface area contributed by atoms with Gasteiger partial charge in [-0.05, 0) is 50.7 Å². The van der Waals surface area contributed by atoms with Crippen LogP contribution in [0.3, 0.4) is 0 Å². The predicted octanol–water partition coefficient (Wildman–Crippen LogP) is 3.35. The third-order valence-electron chi connectivity index (χ3n) is 5.50. The largest absolute Gasteiger partial charge is 0.306 e. The molecule has 1 amide bonds. The molecule has 2 aliphatic heterocycles. The van der Waals surface area contributed by atoms with Gasteiger partial charge in [-0.2, -0.15) is 0 Å². The Hall–Kier alpha value is -2.73. The average molecular weight is 351 g/mol. The standard InChI is InChI=1S/C20H21N3O3/c1-13-3-8-18-16(11-13)17-12-21(2)10-9-19(17)22(18)20(24)14-4-6-15(7-5-14)23(25)26/h3-8,11,17,19H,9-10,12H2,1-2H3/t17-,19+/m0/s1.